The molecule has 2 heterocycles. The Morgan fingerprint density at radius 1 is 1.33 bits per heavy atom. The number of aryl methyl sites for hydroxylation is 1. The van der Waals surface area contributed by atoms with Crippen LogP contribution < -0.4 is 5.32 Å². The molecule has 0 spiro atoms. The first kappa shape index (κ1) is 15.9. The number of aromatic nitrogens is 4. The molecule has 0 saturated heterocycles. The molecule has 6 nitrogen and oxygen atoms in total. The molecule has 0 fully saturated rings. The van der Waals surface area contributed by atoms with E-state index in [0.717, 1.165) is 17.8 Å². The van der Waals surface area contributed by atoms with Gasteiger partial charge in [-0.1, -0.05) is 0 Å². The molecule has 1 unspecified atom stereocenters. The second kappa shape index (κ2) is 6.66. The Labute approximate surface area is 138 Å². The number of hydrogen-bond acceptors (Lipinski definition) is 3. The first-order chi connectivity index (χ1) is 11.6. The number of rotatable bonds is 5. The highest BCUT2D eigenvalue weighted by atomic mass is 19.1. The van der Waals surface area contributed by atoms with Gasteiger partial charge < -0.3 is 5.32 Å². The van der Waals surface area contributed by atoms with Crippen molar-refractivity contribution in [2.24, 2.45) is 0 Å². The van der Waals surface area contributed by atoms with E-state index in [1.54, 1.807) is 24.4 Å². The van der Waals surface area contributed by atoms with E-state index in [4.69, 9.17) is 0 Å². The molecule has 2 aromatic heterocycles. The highest BCUT2D eigenvalue weighted by Crippen LogP contribution is 2.19. The lowest BCUT2D eigenvalue weighted by atomic mass is 10.1. The zero-order chi connectivity index (χ0) is 17.1. The molecule has 0 saturated carbocycles. The van der Waals surface area contributed by atoms with E-state index >= 15 is 0 Å². The van der Waals surface area contributed by atoms with Crippen molar-refractivity contribution in [1.82, 2.24) is 25.3 Å². The number of carbonyl (C=O) groups is 1. The summed E-state index contributed by atoms with van der Waals surface area (Å²) in [6, 6.07) is 9.30. The molecular weight excluding hydrogens is 309 g/mol. The number of carbonyl (C=O) groups excluding carboxylic acids is 1. The van der Waals surface area contributed by atoms with Crippen molar-refractivity contribution < 1.29 is 9.18 Å². The van der Waals surface area contributed by atoms with Crippen molar-refractivity contribution in [1.29, 1.82) is 0 Å². The molecule has 0 aliphatic rings. The van der Waals surface area contributed by atoms with E-state index in [-0.39, 0.29) is 17.8 Å². The smallest absolute Gasteiger partial charge is 0.269 e. The van der Waals surface area contributed by atoms with E-state index in [0.29, 0.717) is 11.4 Å². The third-order valence-electron chi connectivity index (χ3n) is 3.80. The second-order valence-electron chi connectivity index (χ2n) is 5.44. The quantitative estimate of drug-likeness (QED) is 0.756. The minimum atomic E-state index is -0.311. The first-order valence-corrected chi connectivity index (χ1v) is 7.72. The third kappa shape index (κ3) is 3.19. The highest BCUT2D eigenvalue weighted by Gasteiger charge is 2.16. The summed E-state index contributed by atoms with van der Waals surface area (Å²) in [5.41, 5.74) is 2.61. The fourth-order valence-electron chi connectivity index (χ4n) is 2.53. The van der Waals surface area contributed by atoms with Crippen molar-refractivity contribution in [3.8, 4) is 11.3 Å². The van der Waals surface area contributed by atoms with Gasteiger partial charge in [0.25, 0.3) is 5.91 Å². The molecule has 0 aliphatic carbocycles. The molecule has 124 valence electrons. The van der Waals surface area contributed by atoms with E-state index < -0.39 is 0 Å². The molecule has 0 bridgehead atoms. The lowest BCUT2D eigenvalue weighted by molar-refractivity contribution is 0.0933. The normalized spacial score (nSPS) is 12.1. The molecule has 0 aliphatic heterocycles. The Morgan fingerprint density at radius 3 is 2.79 bits per heavy atom. The molecule has 1 atom stereocenters. The van der Waals surface area contributed by atoms with Crippen LogP contribution in [0.5, 0.6) is 0 Å². The minimum absolute atomic E-state index is 0.183. The molecular formula is C17H18FN5O. The second-order valence-corrected chi connectivity index (χ2v) is 5.44. The highest BCUT2D eigenvalue weighted by molar-refractivity contribution is 5.93. The molecule has 24 heavy (non-hydrogen) atoms. The van der Waals surface area contributed by atoms with E-state index in [9.17, 15) is 9.18 Å². The average Bonchev–Trinajstić information content (AvgIpc) is 3.24. The third-order valence-corrected chi connectivity index (χ3v) is 3.80. The van der Waals surface area contributed by atoms with Crippen LogP contribution in [0.25, 0.3) is 11.3 Å². The Hall–Kier alpha value is -2.96. The summed E-state index contributed by atoms with van der Waals surface area (Å²) in [5.74, 6) is -0.569. The fraction of sp³-hybridized carbons (Fsp3) is 0.235. The maximum Gasteiger partial charge on any atom is 0.269 e. The molecule has 3 rings (SSSR count). The zero-order valence-corrected chi connectivity index (χ0v) is 13.5. The van der Waals surface area contributed by atoms with Gasteiger partial charge in [0, 0.05) is 18.3 Å². The van der Waals surface area contributed by atoms with Crippen molar-refractivity contribution >= 4 is 5.91 Å². The number of halogens is 1. The Bertz CT molecular complexity index is 837. The minimum Gasteiger partial charge on any atom is -0.343 e. The SMILES string of the molecule is CCn1nccc1C(C)NC(=O)c1cc(-c2ccc(F)cc2)n[nH]1. The van der Waals surface area contributed by atoms with E-state index in [1.165, 1.54) is 12.1 Å². The van der Waals surface area contributed by atoms with Gasteiger partial charge in [0.2, 0.25) is 0 Å². The van der Waals surface area contributed by atoms with Crippen molar-refractivity contribution in [3.05, 3.63) is 59.8 Å². The molecule has 7 heteroatoms. The number of aromatic amines is 1. The van der Waals surface area contributed by atoms with Crippen LogP contribution in [0.4, 0.5) is 4.39 Å². The maximum absolute atomic E-state index is 13.0. The Balaban J connectivity index is 1.73. The standard InChI is InChI=1S/C17H18FN5O/c1-3-23-16(8-9-19-23)11(2)20-17(24)15-10-14(21-22-15)12-4-6-13(18)7-5-12/h4-11H,3H2,1-2H3,(H,20,24)(H,21,22). The monoisotopic (exact) mass is 327 g/mol. The van der Waals surface area contributed by atoms with Gasteiger partial charge in [0.05, 0.1) is 17.4 Å². The van der Waals surface area contributed by atoms with Crippen LogP contribution in [0, 0.1) is 5.82 Å². The number of nitrogens with one attached hydrogen (secondary N) is 2. The van der Waals surface area contributed by atoms with Gasteiger partial charge in [-0.3, -0.25) is 14.6 Å². The number of H-pyrrole nitrogens is 1. The lowest BCUT2D eigenvalue weighted by Gasteiger charge is -2.14. The van der Waals surface area contributed by atoms with Gasteiger partial charge in [0.15, 0.2) is 0 Å². The van der Waals surface area contributed by atoms with Gasteiger partial charge in [-0.2, -0.15) is 10.2 Å². The summed E-state index contributed by atoms with van der Waals surface area (Å²) in [4.78, 5) is 12.4. The van der Waals surface area contributed by atoms with Crippen LogP contribution in [0.1, 0.15) is 36.1 Å². The zero-order valence-electron chi connectivity index (χ0n) is 13.5. The molecule has 2 N–H and O–H groups in total. The molecule has 3 aromatic rings. The summed E-state index contributed by atoms with van der Waals surface area (Å²) >= 11 is 0. The van der Waals surface area contributed by atoms with Gasteiger partial charge in [-0.05, 0) is 50.2 Å². The number of amides is 1. The number of benzene rings is 1. The van der Waals surface area contributed by atoms with Gasteiger partial charge in [0.1, 0.15) is 11.5 Å². The van der Waals surface area contributed by atoms with Crippen molar-refractivity contribution in [3.63, 3.8) is 0 Å². The molecule has 1 aromatic carbocycles. The maximum atomic E-state index is 13.0. The summed E-state index contributed by atoms with van der Waals surface area (Å²) in [6.07, 6.45) is 1.71. The fourth-order valence-corrected chi connectivity index (χ4v) is 2.53. The summed E-state index contributed by atoms with van der Waals surface area (Å²) < 4.78 is 14.8. The van der Waals surface area contributed by atoms with Gasteiger partial charge in [-0.25, -0.2) is 4.39 Å². The van der Waals surface area contributed by atoms with Gasteiger partial charge in [-0.15, -0.1) is 0 Å². The van der Waals surface area contributed by atoms with E-state index in [2.05, 4.69) is 20.6 Å². The van der Waals surface area contributed by atoms with E-state index in [1.807, 2.05) is 24.6 Å². The topological polar surface area (TPSA) is 75.6 Å². The summed E-state index contributed by atoms with van der Waals surface area (Å²) in [6.45, 7) is 4.63. The van der Waals surface area contributed by atoms with Crippen LogP contribution in [0.2, 0.25) is 0 Å². The molecule has 0 radical (unpaired) electrons. The average molecular weight is 327 g/mol. The first-order valence-electron chi connectivity index (χ1n) is 7.72. The Morgan fingerprint density at radius 2 is 2.08 bits per heavy atom. The summed E-state index contributed by atoms with van der Waals surface area (Å²) in [7, 11) is 0. The van der Waals surface area contributed by atoms with Crippen LogP contribution in [-0.2, 0) is 6.54 Å². The van der Waals surface area contributed by atoms with Gasteiger partial charge >= 0.3 is 0 Å². The number of nitrogens with zero attached hydrogens (tertiary/aromatic N) is 3. The summed E-state index contributed by atoms with van der Waals surface area (Å²) in [5, 5.41) is 14.0. The van der Waals surface area contributed by atoms with Crippen LogP contribution in [-0.4, -0.2) is 25.9 Å². The van der Waals surface area contributed by atoms with Crippen LogP contribution >= 0.6 is 0 Å². The Kier molecular flexibility index (Phi) is 4.41. The largest absolute Gasteiger partial charge is 0.343 e. The van der Waals surface area contributed by atoms with Crippen LogP contribution in [0.3, 0.4) is 0 Å². The van der Waals surface area contributed by atoms with Crippen molar-refractivity contribution in [2.45, 2.75) is 26.4 Å². The lowest BCUT2D eigenvalue weighted by Crippen LogP contribution is -2.28. The molecule has 1 amide bonds. The van der Waals surface area contributed by atoms with Crippen molar-refractivity contribution in [2.75, 3.05) is 0 Å². The van der Waals surface area contributed by atoms with Crippen LogP contribution in [0.15, 0.2) is 42.6 Å². The predicted octanol–water partition coefficient (Wildman–Crippen LogP) is 2.92. The number of hydrogen-bond donors (Lipinski definition) is 2. The predicted molar refractivity (Wildman–Crippen MR) is 87.8 cm³/mol.